The fraction of sp³-hybridized carbons (Fsp3) is 0.222. The second kappa shape index (κ2) is 12.5. The predicted octanol–water partition coefficient (Wildman–Crippen LogP) is 13.2. The summed E-state index contributed by atoms with van der Waals surface area (Å²) in [4.78, 5) is 2.45. The second-order valence-electron chi connectivity index (χ2n) is 17.1. The molecule has 0 atom stereocenters. The molecule has 6 aliphatic carbocycles. The summed E-state index contributed by atoms with van der Waals surface area (Å²) in [6.45, 7) is 0.561. The third-order valence-electron chi connectivity index (χ3n) is 14.2. The van der Waals surface area contributed by atoms with Crippen molar-refractivity contribution in [3.8, 4) is 34.1 Å². The fourth-order valence-corrected chi connectivity index (χ4v) is 12.0. The Morgan fingerprint density at radius 2 is 1.23 bits per heavy atom. The normalized spacial score (nSPS) is 23.9. The van der Waals surface area contributed by atoms with E-state index in [4.69, 9.17) is 0 Å². The number of benzene rings is 6. The summed E-state index contributed by atoms with van der Waals surface area (Å²) in [6.07, 6.45) is 12.7. The van der Waals surface area contributed by atoms with Crippen LogP contribution < -0.4 is 4.90 Å². The van der Waals surface area contributed by atoms with Gasteiger partial charge in [-0.3, -0.25) is 0 Å². The molecule has 7 aromatic rings. The van der Waals surface area contributed by atoms with Crippen molar-refractivity contribution in [3.05, 3.63) is 174 Å². The summed E-state index contributed by atoms with van der Waals surface area (Å²) in [7, 11) is 0. The number of anilines is 2. The Kier molecular flexibility index (Phi) is 7.19. The lowest BCUT2D eigenvalue weighted by molar-refractivity contribution is -0.0399. The first-order valence-electron chi connectivity index (χ1n) is 20.8. The summed E-state index contributed by atoms with van der Waals surface area (Å²) in [5.74, 6) is 10.8. The van der Waals surface area contributed by atoms with E-state index in [1.807, 2.05) is 0 Å². The fourth-order valence-electron chi connectivity index (χ4n) is 12.0. The highest BCUT2D eigenvalue weighted by molar-refractivity contribution is 6.10. The average Bonchev–Trinajstić information content (AvgIpc) is 3.94. The maximum atomic E-state index is 3.74. The van der Waals surface area contributed by atoms with Crippen molar-refractivity contribution >= 4 is 38.9 Å². The molecule has 0 amide bonds. The van der Waals surface area contributed by atoms with E-state index in [-0.39, 0.29) is 5.41 Å². The first kappa shape index (κ1) is 32.2. The van der Waals surface area contributed by atoms with Gasteiger partial charge in [-0.15, -0.1) is 0 Å². The topological polar surface area (TPSA) is 8.17 Å². The van der Waals surface area contributed by atoms with Gasteiger partial charge in [-0.25, -0.2) is 0 Å². The van der Waals surface area contributed by atoms with Crippen LogP contribution in [-0.4, -0.2) is 11.1 Å². The van der Waals surface area contributed by atoms with Crippen molar-refractivity contribution in [2.24, 2.45) is 23.7 Å². The van der Waals surface area contributed by atoms with Crippen molar-refractivity contribution in [2.45, 2.75) is 43.9 Å². The molecular formula is C54H44N2. The number of rotatable bonds is 6. The lowest BCUT2D eigenvalue weighted by Gasteiger charge is -2.61. The molecule has 0 saturated heterocycles. The van der Waals surface area contributed by atoms with Crippen molar-refractivity contribution in [3.63, 3.8) is 0 Å². The minimum atomic E-state index is 0.162. The lowest BCUT2D eigenvalue weighted by Crippen LogP contribution is -2.55. The van der Waals surface area contributed by atoms with Crippen molar-refractivity contribution in [1.82, 2.24) is 4.57 Å². The van der Waals surface area contributed by atoms with Crippen LogP contribution >= 0.6 is 0 Å². The maximum Gasteiger partial charge on any atom is 0.0973 e. The van der Waals surface area contributed by atoms with E-state index in [9.17, 15) is 0 Å². The Morgan fingerprint density at radius 1 is 0.607 bits per heavy atom. The van der Waals surface area contributed by atoms with Crippen LogP contribution in [-0.2, 0) is 5.41 Å². The summed E-state index contributed by atoms with van der Waals surface area (Å²) in [5, 5.41) is 2.52. The zero-order valence-corrected chi connectivity index (χ0v) is 31.7. The molecule has 6 aliphatic rings. The van der Waals surface area contributed by atoms with E-state index in [0.717, 1.165) is 41.5 Å². The van der Waals surface area contributed by atoms with Crippen molar-refractivity contribution < 1.29 is 0 Å². The molecule has 56 heavy (non-hydrogen) atoms. The molecule has 4 saturated carbocycles. The Morgan fingerprint density at radius 3 is 1.96 bits per heavy atom. The molecule has 1 spiro atoms. The van der Waals surface area contributed by atoms with Crippen LogP contribution in [0.3, 0.4) is 0 Å². The molecule has 0 aliphatic heterocycles. The zero-order valence-electron chi connectivity index (χ0n) is 31.7. The van der Waals surface area contributed by atoms with E-state index in [0.29, 0.717) is 6.54 Å². The highest BCUT2D eigenvalue weighted by Gasteiger charge is 2.61. The smallest absolute Gasteiger partial charge is 0.0973 e. The lowest BCUT2D eigenvalue weighted by atomic mass is 9.43. The maximum absolute atomic E-state index is 3.74. The Hall–Kier alpha value is -6.04. The quantitative estimate of drug-likeness (QED) is 0.155. The Labute approximate surface area is 329 Å². The molecule has 2 nitrogen and oxygen atoms in total. The van der Waals surface area contributed by atoms with Crippen LogP contribution in [0.25, 0.3) is 49.8 Å². The molecule has 0 unspecified atom stereocenters. The van der Waals surface area contributed by atoms with E-state index in [2.05, 4.69) is 179 Å². The molecule has 2 heteroatoms. The van der Waals surface area contributed by atoms with E-state index in [1.165, 1.54) is 87.4 Å². The number of fused-ring (bicyclic) bond motifs is 6. The van der Waals surface area contributed by atoms with Gasteiger partial charge in [0.1, 0.15) is 0 Å². The van der Waals surface area contributed by atoms with Gasteiger partial charge in [-0.1, -0.05) is 121 Å². The van der Waals surface area contributed by atoms with Crippen LogP contribution in [0.2, 0.25) is 0 Å². The van der Waals surface area contributed by atoms with Gasteiger partial charge in [-0.05, 0) is 150 Å². The SMILES string of the molecule is C(#C/C(=C\C1=CC1)n1c2ccccc2c2ccccc21)CN(c1cccc(-c2ccccc2)c1)c1ccc2c(c1)-c1ccccc1C21C2CC3CC(C2)CC1C3. The third kappa shape index (κ3) is 4.90. The Bertz CT molecular complexity index is 2760. The van der Waals surface area contributed by atoms with Crippen LogP contribution in [0.1, 0.15) is 49.7 Å². The van der Waals surface area contributed by atoms with Crippen LogP contribution in [0.15, 0.2) is 163 Å². The summed E-state index contributed by atoms with van der Waals surface area (Å²) < 4.78 is 2.37. The van der Waals surface area contributed by atoms with Gasteiger partial charge in [0.05, 0.1) is 23.3 Å². The molecule has 270 valence electrons. The zero-order chi connectivity index (χ0) is 36.8. The number of para-hydroxylation sites is 2. The van der Waals surface area contributed by atoms with Gasteiger partial charge in [0, 0.05) is 27.6 Å². The standard InChI is InChI=1S/C54H44N2/c1-2-12-39(13-3-1)40-14-10-15-43(34-40)55(27-11-16-45(33-36-23-24-36)56-52-21-8-5-18-47(52)48-19-6-9-22-53(48)56)44-25-26-51-49(35-44)46-17-4-7-20-50(46)54(51)41-29-37-28-38(31-41)32-42(54)30-37/h1-10,12-15,17-23,25-26,33-35,37-38,41-42H,24,27-32H2/b45-33+. The number of allylic oxidation sites excluding steroid dienone is 4. The van der Waals surface area contributed by atoms with Crippen LogP contribution in [0, 0.1) is 35.5 Å². The van der Waals surface area contributed by atoms with Crippen molar-refractivity contribution in [2.75, 3.05) is 11.4 Å². The van der Waals surface area contributed by atoms with E-state index >= 15 is 0 Å². The van der Waals surface area contributed by atoms with Gasteiger partial charge in [0.25, 0.3) is 0 Å². The van der Waals surface area contributed by atoms with Gasteiger partial charge in [0.15, 0.2) is 0 Å². The number of nitrogens with zero attached hydrogens (tertiary/aromatic N) is 2. The third-order valence-corrected chi connectivity index (χ3v) is 14.2. The summed E-state index contributed by atoms with van der Waals surface area (Å²) in [5.41, 5.74) is 15.8. The second-order valence-corrected chi connectivity index (χ2v) is 17.1. The molecule has 1 heterocycles. The van der Waals surface area contributed by atoms with E-state index < -0.39 is 0 Å². The van der Waals surface area contributed by atoms with Gasteiger partial charge in [0.2, 0.25) is 0 Å². The highest BCUT2D eigenvalue weighted by atomic mass is 15.1. The van der Waals surface area contributed by atoms with Gasteiger partial charge >= 0.3 is 0 Å². The number of hydrogen-bond donors (Lipinski definition) is 0. The highest BCUT2D eigenvalue weighted by Crippen LogP contribution is 2.69. The summed E-state index contributed by atoms with van der Waals surface area (Å²) >= 11 is 0. The van der Waals surface area contributed by atoms with Gasteiger partial charge in [-0.2, -0.15) is 0 Å². The van der Waals surface area contributed by atoms with Crippen LogP contribution in [0.4, 0.5) is 11.4 Å². The number of hydrogen-bond acceptors (Lipinski definition) is 1. The molecule has 6 aromatic carbocycles. The first-order chi connectivity index (χ1) is 27.7. The molecule has 0 radical (unpaired) electrons. The first-order valence-corrected chi connectivity index (χ1v) is 20.8. The number of aromatic nitrogens is 1. The van der Waals surface area contributed by atoms with E-state index in [1.54, 1.807) is 11.1 Å². The molecule has 1 aromatic heterocycles. The average molecular weight is 721 g/mol. The van der Waals surface area contributed by atoms with Crippen molar-refractivity contribution in [1.29, 1.82) is 0 Å². The Balaban J connectivity index is 0.995. The predicted molar refractivity (Wildman–Crippen MR) is 233 cm³/mol. The van der Waals surface area contributed by atoms with Gasteiger partial charge < -0.3 is 9.47 Å². The molecule has 4 fully saturated rings. The molecule has 0 N–H and O–H groups in total. The molecular weight excluding hydrogens is 677 g/mol. The molecule has 4 bridgehead atoms. The monoisotopic (exact) mass is 720 g/mol. The minimum Gasteiger partial charge on any atom is -0.330 e. The molecule has 13 rings (SSSR count). The largest absolute Gasteiger partial charge is 0.330 e. The minimum absolute atomic E-state index is 0.162. The van der Waals surface area contributed by atoms with Crippen LogP contribution in [0.5, 0.6) is 0 Å². The summed E-state index contributed by atoms with van der Waals surface area (Å²) in [6, 6.07) is 54.2.